The van der Waals surface area contributed by atoms with E-state index in [-0.39, 0.29) is 18.2 Å². The van der Waals surface area contributed by atoms with E-state index in [1.807, 2.05) is 31.2 Å². The zero-order valence-corrected chi connectivity index (χ0v) is 11.7. The Morgan fingerprint density at radius 2 is 2.25 bits per heavy atom. The maximum atomic E-state index is 12.3. The van der Waals surface area contributed by atoms with E-state index in [2.05, 4.69) is 11.2 Å². The number of amides is 1. The van der Waals surface area contributed by atoms with Crippen LogP contribution in [0.3, 0.4) is 0 Å². The van der Waals surface area contributed by atoms with E-state index in [4.69, 9.17) is 9.78 Å². The Labute approximate surface area is 117 Å². The van der Waals surface area contributed by atoms with Gasteiger partial charge in [-0.3, -0.25) is 4.79 Å². The first-order chi connectivity index (χ1) is 9.65. The average Bonchev–Trinajstić information content (AvgIpc) is 2.87. The van der Waals surface area contributed by atoms with Gasteiger partial charge >= 0.3 is 0 Å². The van der Waals surface area contributed by atoms with Gasteiger partial charge in [0.1, 0.15) is 5.69 Å². The van der Waals surface area contributed by atoms with E-state index < -0.39 is 0 Å². The summed E-state index contributed by atoms with van der Waals surface area (Å²) in [6, 6.07) is 9.62. The van der Waals surface area contributed by atoms with Crippen LogP contribution >= 0.6 is 0 Å². The number of rotatable bonds is 5. The number of nitrogens with zero attached hydrogens (tertiary/aromatic N) is 3. The zero-order valence-electron chi connectivity index (χ0n) is 11.7. The van der Waals surface area contributed by atoms with Crippen molar-refractivity contribution in [3.05, 3.63) is 30.0 Å². The largest absolute Gasteiger partial charge is 0.356 e. The van der Waals surface area contributed by atoms with Crippen molar-refractivity contribution in [1.29, 1.82) is 5.26 Å². The van der Waals surface area contributed by atoms with E-state index in [0.717, 1.165) is 5.39 Å². The van der Waals surface area contributed by atoms with E-state index in [9.17, 15) is 4.79 Å². The molecule has 5 nitrogen and oxygen atoms in total. The highest BCUT2D eigenvalue weighted by Crippen LogP contribution is 2.18. The minimum absolute atomic E-state index is 0.0337. The Hall–Kier alpha value is -2.35. The molecule has 0 saturated heterocycles. The van der Waals surface area contributed by atoms with Crippen LogP contribution in [0.2, 0.25) is 0 Å². The van der Waals surface area contributed by atoms with E-state index in [1.165, 1.54) is 0 Å². The molecular formula is C15H17N3O2. The van der Waals surface area contributed by atoms with Crippen LogP contribution in [0.25, 0.3) is 11.0 Å². The normalized spacial score (nSPS) is 12.1. The molecule has 2 aromatic rings. The minimum atomic E-state index is -0.173. The van der Waals surface area contributed by atoms with Gasteiger partial charge in [0, 0.05) is 18.5 Å². The van der Waals surface area contributed by atoms with Gasteiger partial charge in [0.2, 0.25) is 5.91 Å². The van der Waals surface area contributed by atoms with E-state index in [0.29, 0.717) is 24.4 Å². The summed E-state index contributed by atoms with van der Waals surface area (Å²) in [4.78, 5) is 13.9. The van der Waals surface area contributed by atoms with Gasteiger partial charge in [-0.15, -0.1) is 0 Å². The molecule has 20 heavy (non-hydrogen) atoms. The molecule has 0 spiro atoms. The predicted molar refractivity (Wildman–Crippen MR) is 74.7 cm³/mol. The summed E-state index contributed by atoms with van der Waals surface area (Å²) >= 11 is 0. The summed E-state index contributed by atoms with van der Waals surface area (Å²) in [5.74, 6) is -0.207. The van der Waals surface area contributed by atoms with Crippen LogP contribution in [0.5, 0.6) is 0 Å². The Kier molecular flexibility index (Phi) is 4.36. The van der Waals surface area contributed by atoms with Crippen molar-refractivity contribution < 1.29 is 9.32 Å². The summed E-state index contributed by atoms with van der Waals surface area (Å²) in [6.07, 6.45) is 0.197. The Morgan fingerprint density at radius 3 is 2.95 bits per heavy atom. The molecule has 1 heterocycles. The molecule has 2 rings (SSSR count). The lowest BCUT2D eigenvalue weighted by molar-refractivity contribution is -0.130. The molecule has 0 aliphatic rings. The maximum absolute atomic E-state index is 12.3. The molecule has 0 saturated carbocycles. The van der Waals surface area contributed by atoms with Crippen LogP contribution in [0, 0.1) is 17.2 Å². The Morgan fingerprint density at radius 1 is 1.50 bits per heavy atom. The molecule has 1 amide bonds. The second-order valence-corrected chi connectivity index (χ2v) is 4.76. The topological polar surface area (TPSA) is 70.1 Å². The highest BCUT2D eigenvalue weighted by molar-refractivity contribution is 5.86. The number of fused-ring (bicyclic) bond motifs is 1. The van der Waals surface area contributed by atoms with Crippen molar-refractivity contribution in [3.63, 3.8) is 0 Å². The van der Waals surface area contributed by atoms with Crippen molar-refractivity contribution in [2.75, 3.05) is 13.1 Å². The molecule has 0 aliphatic carbocycles. The quantitative estimate of drug-likeness (QED) is 0.837. The van der Waals surface area contributed by atoms with Crippen LogP contribution in [0.15, 0.2) is 28.8 Å². The smallest absolute Gasteiger partial charge is 0.228 e. The summed E-state index contributed by atoms with van der Waals surface area (Å²) in [5.41, 5.74) is 1.33. The molecule has 104 valence electrons. The number of nitriles is 1. The lowest BCUT2D eigenvalue weighted by atomic mass is 10.1. The van der Waals surface area contributed by atoms with Crippen LogP contribution < -0.4 is 0 Å². The number of hydrogen-bond acceptors (Lipinski definition) is 4. The molecule has 5 heteroatoms. The molecule has 0 N–H and O–H groups in total. The van der Waals surface area contributed by atoms with Gasteiger partial charge in [0.25, 0.3) is 0 Å². The number of carbonyl (C=O) groups is 1. The number of likely N-dealkylation sites (N-methyl/N-ethyl adjacent to an activating group) is 1. The third kappa shape index (κ3) is 2.97. The van der Waals surface area contributed by atoms with Gasteiger partial charge in [-0.1, -0.05) is 17.3 Å². The van der Waals surface area contributed by atoms with Crippen LogP contribution in [-0.2, 0) is 11.2 Å². The van der Waals surface area contributed by atoms with E-state index in [1.54, 1.807) is 11.8 Å². The number of para-hydroxylation sites is 1. The van der Waals surface area contributed by atoms with Crippen molar-refractivity contribution in [3.8, 4) is 6.07 Å². The maximum Gasteiger partial charge on any atom is 0.228 e. The van der Waals surface area contributed by atoms with Gasteiger partial charge in [0.15, 0.2) is 5.58 Å². The molecule has 0 fully saturated rings. The lowest BCUT2D eigenvalue weighted by Gasteiger charge is -2.21. The average molecular weight is 271 g/mol. The summed E-state index contributed by atoms with van der Waals surface area (Å²) < 4.78 is 5.19. The van der Waals surface area contributed by atoms with Gasteiger partial charge in [0.05, 0.1) is 18.4 Å². The number of hydrogen-bond donors (Lipinski definition) is 0. The standard InChI is InChI=1S/C15H17N3O2/c1-3-18(10-11(2)9-16)15(19)8-13-12-6-4-5-7-14(12)20-17-13/h4-7,11H,3,8,10H2,1-2H3. The second-order valence-electron chi connectivity index (χ2n) is 4.76. The molecule has 0 aliphatic heterocycles. The summed E-state index contributed by atoms with van der Waals surface area (Å²) in [5, 5.41) is 13.7. The number of benzene rings is 1. The molecule has 1 unspecified atom stereocenters. The Bertz CT molecular complexity index is 642. The highest BCUT2D eigenvalue weighted by atomic mass is 16.5. The fourth-order valence-corrected chi connectivity index (χ4v) is 2.10. The van der Waals surface area contributed by atoms with Crippen molar-refractivity contribution in [2.45, 2.75) is 20.3 Å². The van der Waals surface area contributed by atoms with Gasteiger partial charge < -0.3 is 9.42 Å². The first-order valence-corrected chi connectivity index (χ1v) is 6.66. The van der Waals surface area contributed by atoms with E-state index >= 15 is 0 Å². The van der Waals surface area contributed by atoms with Gasteiger partial charge in [-0.05, 0) is 26.0 Å². The third-order valence-electron chi connectivity index (χ3n) is 3.22. The SMILES string of the molecule is CCN(CC(C)C#N)C(=O)Cc1noc2ccccc12. The van der Waals surface area contributed by atoms with Gasteiger partial charge in [-0.25, -0.2) is 0 Å². The zero-order chi connectivity index (χ0) is 14.5. The third-order valence-corrected chi connectivity index (χ3v) is 3.22. The fourth-order valence-electron chi connectivity index (χ4n) is 2.10. The molecule has 0 bridgehead atoms. The molecule has 1 aromatic heterocycles. The molecule has 0 radical (unpaired) electrons. The molecular weight excluding hydrogens is 254 g/mol. The lowest BCUT2D eigenvalue weighted by Crippen LogP contribution is -2.35. The van der Waals surface area contributed by atoms with Crippen LogP contribution in [0.4, 0.5) is 0 Å². The number of aromatic nitrogens is 1. The summed E-state index contributed by atoms with van der Waals surface area (Å²) in [7, 11) is 0. The fraction of sp³-hybridized carbons (Fsp3) is 0.400. The van der Waals surface area contributed by atoms with Crippen molar-refractivity contribution in [1.82, 2.24) is 10.1 Å². The highest BCUT2D eigenvalue weighted by Gasteiger charge is 2.18. The van der Waals surface area contributed by atoms with Crippen molar-refractivity contribution in [2.24, 2.45) is 5.92 Å². The molecule has 1 aromatic carbocycles. The summed E-state index contributed by atoms with van der Waals surface area (Å²) in [6.45, 7) is 4.74. The number of carbonyl (C=O) groups excluding carboxylic acids is 1. The Balaban J connectivity index is 2.12. The predicted octanol–water partition coefficient (Wildman–Crippen LogP) is 2.38. The minimum Gasteiger partial charge on any atom is -0.356 e. The first kappa shape index (κ1) is 14.1. The van der Waals surface area contributed by atoms with Gasteiger partial charge in [-0.2, -0.15) is 5.26 Å². The monoisotopic (exact) mass is 271 g/mol. The second kappa shape index (κ2) is 6.20. The van der Waals surface area contributed by atoms with Crippen LogP contribution in [0.1, 0.15) is 19.5 Å². The van der Waals surface area contributed by atoms with Crippen LogP contribution in [-0.4, -0.2) is 29.1 Å². The molecule has 1 atom stereocenters. The first-order valence-electron chi connectivity index (χ1n) is 6.66. The van der Waals surface area contributed by atoms with Crippen molar-refractivity contribution >= 4 is 16.9 Å².